The molecule has 1 aromatic carbocycles. The van der Waals surface area contributed by atoms with Crippen molar-refractivity contribution >= 4 is 17.1 Å². The quantitative estimate of drug-likeness (QED) is 0.353. The highest BCUT2D eigenvalue weighted by Crippen LogP contribution is 2.29. The van der Waals surface area contributed by atoms with E-state index in [4.69, 9.17) is 10.5 Å². The van der Waals surface area contributed by atoms with Crippen molar-refractivity contribution in [2.45, 2.75) is 12.8 Å². The number of anilines is 2. The molecule has 0 saturated heterocycles. The van der Waals surface area contributed by atoms with Crippen LogP contribution in [0.25, 0.3) is 0 Å². The summed E-state index contributed by atoms with van der Waals surface area (Å²) >= 11 is 0. The summed E-state index contributed by atoms with van der Waals surface area (Å²) in [5.41, 5.74) is 6.83. The molecule has 0 aromatic heterocycles. The van der Waals surface area contributed by atoms with E-state index in [2.05, 4.69) is 0 Å². The molecule has 0 radical (unpaired) electrons. The summed E-state index contributed by atoms with van der Waals surface area (Å²) in [7, 11) is 1.87. The van der Waals surface area contributed by atoms with Gasteiger partial charge in [0, 0.05) is 43.7 Å². The van der Waals surface area contributed by atoms with E-state index in [1.165, 1.54) is 25.0 Å². The van der Waals surface area contributed by atoms with Crippen LogP contribution in [0.2, 0.25) is 0 Å². The smallest absolute Gasteiger partial charge is 0.273 e. The van der Waals surface area contributed by atoms with Crippen LogP contribution in [0.15, 0.2) is 18.2 Å². The number of hydrogen-bond acceptors (Lipinski definition) is 5. The number of nitrogen functional groups attached to an aromatic ring is 1. The molecule has 1 fully saturated rings. The molecule has 2 rings (SSSR count). The molecule has 19 heavy (non-hydrogen) atoms. The van der Waals surface area contributed by atoms with E-state index in [1.807, 2.05) is 11.9 Å². The van der Waals surface area contributed by atoms with Crippen molar-refractivity contribution in [2.75, 3.05) is 37.4 Å². The number of likely N-dealkylation sites (N-methyl/N-ethyl adjacent to an activating group) is 1. The van der Waals surface area contributed by atoms with Crippen molar-refractivity contribution in [3.8, 4) is 0 Å². The highest BCUT2D eigenvalue weighted by molar-refractivity contribution is 5.62. The Hall–Kier alpha value is -1.82. The third-order valence-corrected chi connectivity index (χ3v) is 3.20. The molecule has 1 saturated carbocycles. The zero-order valence-corrected chi connectivity index (χ0v) is 11.0. The summed E-state index contributed by atoms with van der Waals surface area (Å²) in [6.45, 7) is 2.13. The molecule has 6 nitrogen and oxygen atoms in total. The lowest BCUT2D eigenvalue weighted by molar-refractivity contribution is -0.384. The first-order valence-corrected chi connectivity index (χ1v) is 6.40. The maximum atomic E-state index is 10.8. The Kier molecular flexibility index (Phi) is 4.21. The summed E-state index contributed by atoms with van der Waals surface area (Å²) < 4.78 is 5.55. The van der Waals surface area contributed by atoms with Gasteiger partial charge in [-0.2, -0.15) is 0 Å². The molecule has 0 amide bonds. The Bertz CT molecular complexity index is 460. The summed E-state index contributed by atoms with van der Waals surface area (Å²) in [4.78, 5) is 12.3. The van der Waals surface area contributed by atoms with Gasteiger partial charge in [0.25, 0.3) is 5.69 Å². The van der Waals surface area contributed by atoms with Crippen LogP contribution in [0.5, 0.6) is 0 Å². The van der Waals surface area contributed by atoms with Gasteiger partial charge in [-0.25, -0.2) is 0 Å². The molecule has 1 aromatic rings. The van der Waals surface area contributed by atoms with Gasteiger partial charge in [0.05, 0.1) is 11.5 Å². The predicted octanol–water partition coefficient (Wildman–Crippen LogP) is 2.04. The van der Waals surface area contributed by atoms with Crippen molar-refractivity contribution in [3.63, 3.8) is 0 Å². The summed E-state index contributed by atoms with van der Waals surface area (Å²) in [6.07, 6.45) is 2.55. The zero-order chi connectivity index (χ0) is 13.8. The molecule has 0 aliphatic heterocycles. The maximum Gasteiger partial charge on any atom is 0.273 e. The van der Waals surface area contributed by atoms with E-state index in [0.29, 0.717) is 18.8 Å². The van der Waals surface area contributed by atoms with Crippen LogP contribution in [0, 0.1) is 16.0 Å². The van der Waals surface area contributed by atoms with Crippen LogP contribution in [0.1, 0.15) is 12.8 Å². The molecule has 1 aliphatic rings. The molecular weight excluding hydrogens is 246 g/mol. The standard InChI is InChI=1S/C13H19N3O3/c1-15(4-5-19-9-10-2-3-10)12-6-11(14)7-13(8-12)16(17)18/h6-8,10H,2-5,9,14H2,1H3. The van der Waals surface area contributed by atoms with Crippen molar-refractivity contribution < 1.29 is 9.66 Å². The van der Waals surface area contributed by atoms with Gasteiger partial charge < -0.3 is 15.4 Å². The first-order chi connectivity index (χ1) is 9.06. The normalized spacial score (nSPS) is 14.4. The van der Waals surface area contributed by atoms with E-state index in [-0.39, 0.29) is 5.69 Å². The lowest BCUT2D eigenvalue weighted by Gasteiger charge is -2.19. The number of nitro groups is 1. The minimum Gasteiger partial charge on any atom is -0.398 e. The van der Waals surface area contributed by atoms with Crippen LogP contribution in [-0.2, 0) is 4.74 Å². The van der Waals surface area contributed by atoms with Gasteiger partial charge in [-0.3, -0.25) is 10.1 Å². The SMILES string of the molecule is CN(CCOCC1CC1)c1cc(N)cc([N+](=O)[O-])c1. The van der Waals surface area contributed by atoms with Gasteiger partial charge in [0.1, 0.15) is 0 Å². The number of non-ortho nitro benzene ring substituents is 1. The zero-order valence-electron chi connectivity index (χ0n) is 11.0. The minimum absolute atomic E-state index is 0.0146. The monoisotopic (exact) mass is 265 g/mol. The Morgan fingerprint density at radius 2 is 2.21 bits per heavy atom. The van der Waals surface area contributed by atoms with Crippen LogP contribution in [0.3, 0.4) is 0 Å². The second-order valence-corrected chi connectivity index (χ2v) is 4.98. The van der Waals surface area contributed by atoms with Crippen molar-refractivity contribution in [2.24, 2.45) is 5.92 Å². The molecule has 1 aliphatic carbocycles. The predicted molar refractivity (Wildman–Crippen MR) is 74.3 cm³/mol. The molecule has 0 bridgehead atoms. The summed E-state index contributed by atoms with van der Waals surface area (Å²) in [5.74, 6) is 0.749. The number of nitro benzene ring substituents is 1. The highest BCUT2D eigenvalue weighted by atomic mass is 16.6. The minimum atomic E-state index is -0.433. The third kappa shape index (κ3) is 4.10. The Labute approximate surface area is 112 Å². The van der Waals surface area contributed by atoms with Gasteiger partial charge in [0.15, 0.2) is 0 Å². The number of hydrogen-bond donors (Lipinski definition) is 1. The van der Waals surface area contributed by atoms with E-state index in [0.717, 1.165) is 18.2 Å². The first-order valence-electron chi connectivity index (χ1n) is 6.40. The molecule has 0 atom stereocenters. The van der Waals surface area contributed by atoms with Gasteiger partial charge in [0.2, 0.25) is 0 Å². The molecular formula is C13H19N3O3. The van der Waals surface area contributed by atoms with Gasteiger partial charge >= 0.3 is 0 Å². The second-order valence-electron chi connectivity index (χ2n) is 4.98. The van der Waals surface area contributed by atoms with Crippen molar-refractivity contribution in [3.05, 3.63) is 28.3 Å². The fourth-order valence-corrected chi connectivity index (χ4v) is 1.81. The lowest BCUT2D eigenvalue weighted by atomic mass is 10.2. The average Bonchev–Trinajstić information content (AvgIpc) is 3.17. The molecule has 2 N–H and O–H groups in total. The topological polar surface area (TPSA) is 81.6 Å². The lowest BCUT2D eigenvalue weighted by Crippen LogP contribution is -2.23. The van der Waals surface area contributed by atoms with Crippen LogP contribution < -0.4 is 10.6 Å². The Morgan fingerprint density at radius 1 is 1.47 bits per heavy atom. The van der Waals surface area contributed by atoms with Crippen molar-refractivity contribution in [1.82, 2.24) is 0 Å². The van der Waals surface area contributed by atoms with E-state index >= 15 is 0 Å². The van der Waals surface area contributed by atoms with Crippen LogP contribution in [0.4, 0.5) is 17.1 Å². The van der Waals surface area contributed by atoms with Crippen LogP contribution in [-0.4, -0.2) is 31.7 Å². The Balaban J connectivity index is 1.89. The highest BCUT2D eigenvalue weighted by Gasteiger charge is 2.21. The van der Waals surface area contributed by atoms with Gasteiger partial charge in [-0.1, -0.05) is 0 Å². The molecule has 6 heteroatoms. The third-order valence-electron chi connectivity index (χ3n) is 3.20. The number of rotatable bonds is 7. The molecule has 0 unspecified atom stereocenters. The maximum absolute atomic E-state index is 10.8. The molecule has 0 spiro atoms. The second kappa shape index (κ2) is 5.88. The number of nitrogens with two attached hydrogens (primary N) is 1. The van der Waals surface area contributed by atoms with Gasteiger partial charge in [-0.05, 0) is 24.8 Å². The molecule has 104 valence electrons. The average molecular weight is 265 g/mol. The molecule has 0 heterocycles. The van der Waals surface area contributed by atoms with Gasteiger partial charge in [-0.15, -0.1) is 0 Å². The Morgan fingerprint density at radius 3 is 2.84 bits per heavy atom. The first kappa shape index (κ1) is 13.6. The van der Waals surface area contributed by atoms with E-state index in [9.17, 15) is 10.1 Å². The summed E-state index contributed by atoms with van der Waals surface area (Å²) in [5, 5.41) is 10.8. The van der Waals surface area contributed by atoms with Crippen molar-refractivity contribution in [1.29, 1.82) is 0 Å². The number of benzene rings is 1. The number of ether oxygens (including phenoxy) is 1. The largest absolute Gasteiger partial charge is 0.398 e. The summed E-state index contributed by atoms with van der Waals surface area (Å²) in [6, 6.07) is 4.62. The number of nitrogens with zero attached hydrogens (tertiary/aromatic N) is 2. The van der Waals surface area contributed by atoms with E-state index < -0.39 is 4.92 Å². The fraction of sp³-hybridized carbons (Fsp3) is 0.538. The van der Waals surface area contributed by atoms with Crippen LogP contribution >= 0.6 is 0 Å². The fourth-order valence-electron chi connectivity index (χ4n) is 1.81. The van der Waals surface area contributed by atoms with E-state index in [1.54, 1.807) is 6.07 Å².